The highest BCUT2D eigenvalue weighted by molar-refractivity contribution is 7.80. The third-order valence-electron chi connectivity index (χ3n) is 1.55. The summed E-state index contributed by atoms with van der Waals surface area (Å²) < 4.78 is 13.0. The number of benzene rings is 1. The SMILES string of the molecule is Fc1cc(-c2nn[nH]n2)ccc1S. The molecule has 0 spiro atoms. The van der Waals surface area contributed by atoms with E-state index in [1.54, 1.807) is 12.1 Å². The zero-order chi connectivity index (χ0) is 9.26. The molecule has 13 heavy (non-hydrogen) atoms. The van der Waals surface area contributed by atoms with Gasteiger partial charge in [0.1, 0.15) is 5.82 Å². The number of aromatic amines is 1. The minimum absolute atomic E-state index is 0.298. The number of nitrogens with one attached hydrogen (secondary N) is 1. The normalized spacial score (nSPS) is 10.3. The summed E-state index contributed by atoms with van der Waals surface area (Å²) >= 11 is 3.90. The van der Waals surface area contributed by atoms with Crippen molar-refractivity contribution in [1.29, 1.82) is 0 Å². The minimum Gasteiger partial charge on any atom is -0.206 e. The van der Waals surface area contributed by atoms with Crippen molar-refractivity contribution < 1.29 is 4.39 Å². The summed E-state index contributed by atoms with van der Waals surface area (Å²) in [4.78, 5) is 0.298. The van der Waals surface area contributed by atoms with Crippen LogP contribution in [-0.2, 0) is 0 Å². The predicted molar refractivity (Wildman–Crippen MR) is 46.8 cm³/mol. The van der Waals surface area contributed by atoms with Gasteiger partial charge in [0.05, 0.1) is 0 Å². The van der Waals surface area contributed by atoms with E-state index in [9.17, 15) is 4.39 Å². The summed E-state index contributed by atoms with van der Waals surface area (Å²) in [6.07, 6.45) is 0. The molecule has 0 aliphatic rings. The Hall–Kier alpha value is -1.43. The van der Waals surface area contributed by atoms with E-state index in [1.165, 1.54) is 6.07 Å². The Morgan fingerprint density at radius 2 is 2.23 bits per heavy atom. The maximum atomic E-state index is 13.0. The minimum atomic E-state index is -0.398. The largest absolute Gasteiger partial charge is 0.206 e. The number of thiol groups is 1. The molecule has 2 aromatic rings. The highest BCUT2D eigenvalue weighted by Gasteiger charge is 2.05. The topological polar surface area (TPSA) is 54.5 Å². The molecule has 6 heteroatoms. The lowest BCUT2D eigenvalue weighted by molar-refractivity contribution is 0.603. The second kappa shape index (κ2) is 3.14. The fourth-order valence-corrected chi connectivity index (χ4v) is 1.07. The standard InChI is InChI=1S/C7H5FN4S/c8-5-3-4(1-2-6(5)13)7-9-11-12-10-7/h1-3,13H,(H,9,10,11,12). The molecule has 1 aromatic carbocycles. The Morgan fingerprint density at radius 3 is 2.85 bits per heavy atom. The first-order valence-electron chi connectivity index (χ1n) is 3.50. The maximum Gasteiger partial charge on any atom is 0.204 e. The third kappa shape index (κ3) is 1.52. The third-order valence-corrected chi connectivity index (χ3v) is 1.91. The molecule has 0 saturated carbocycles. The summed E-state index contributed by atoms with van der Waals surface area (Å²) in [5, 5.41) is 13.1. The van der Waals surface area contributed by atoms with Crippen LogP contribution in [0.5, 0.6) is 0 Å². The number of hydrogen-bond acceptors (Lipinski definition) is 4. The van der Waals surface area contributed by atoms with Crippen molar-refractivity contribution in [2.24, 2.45) is 0 Å². The summed E-state index contributed by atoms with van der Waals surface area (Å²) in [6.45, 7) is 0. The zero-order valence-corrected chi connectivity index (χ0v) is 7.29. The fourth-order valence-electron chi connectivity index (χ4n) is 0.930. The van der Waals surface area contributed by atoms with Gasteiger partial charge in [0.25, 0.3) is 0 Å². The maximum absolute atomic E-state index is 13.0. The Bertz CT molecular complexity index is 414. The lowest BCUT2D eigenvalue weighted by Gasteiger charge is -1.96. The van der Waals surface area contributed by atoms with Crippen LogP contribution in [0, 0.1) is 5.82 Å². The lowest BCUT2D eigenvalue weighted by atomic mass is 10.2. The van der Waals surface area contributed by atoms with Crippen LogP contribution in [0.4, 0.5) is 4.39 Å². The van der Waals surface area contributed by atoms with E-state index in [-0.39, 0.29) is 0 Å². The van der Waals surface area contributed by atoms with E-state index >= 15 is 0 Å². The van der Waals surface area contributed by atoms with Crippen LogP contribution in [0.2, 0.25) is 0 Å². The molecule has 2 rings (SSSR count). The molecule has 0 amide bonds. The van der Waals surface area contributed by atoms with Gasteiger partial charge >= 0.3 is 0 Å². The van der Waals surface area contributed by atoms with Crippen molar-refractivity contribution in [3.05, 3.63) is 24.0 Å². The smallest absolute Gasteiger partial charge is 0.204 e. The number of nitrogens with zero attached hydrogens (tertiary/aromatic N) is 3. The van der Waals surface area contributed by atoms with Crippen molar-refractivity contribution in [1.82, 2.24) is 20.6 Å². The second-order valence-corrected chi connectivity index (χ2v) is 2.88. The number of H-pyrrole nitrogens is 1. The molecule has 1 aromatic heterocycles. The molecule has 0 bridgehead atoms. The van der Waals surface area contributed by atoms with E-state index in [2.05, 4.69) is 33.3 Å². The summed E-state index contributed by atoms with van der Waals surface area (Å²) in [5.41, 5.74) is 0.573. The Kier molecular flexibility index (Phi) is 1.97. The first-order valence-corrected chi connectivity index (χ1v) is 3.94. The average Bonchev–Trinajstić information content (AvgIpc) is 2.62. The van der Waals surface area contributed by atoms with Crippen LogP contribution >= 0.6 is 12.6 Å². The molecule has 66 valence electrons. The molecule has 0 atom stereocenters. The monoisotopic (exact) mass is 196 g/mol. The van der Waals surface area contributed by atoms with Crippen LogP contribution in [0.15, 0.2) is 23.1 Å². The summed E-state index contributed by atoms with van der Waals surface area (Å²) in [7, 11) is 0. The predicted octanol–water partition coefficient (Wildman–Crippen LogP) is 1.29. The van der Waals surface area contributed by atoms with Crippen LogP contribution in [-0.4, -0.2) is 20.6 Å². The highest BCUT2D eigenvalue weighted by atomic mass is 32.1. The Balaban J connectivity index is 2.49. The van der Waals surface area contributed by atoms with Gasteiger partial charge in [-0.05, 0) is 23.4 Å². The average molecular weight is 196 g/mol. The van der Waals surface area contributed by atoms with E-state index in [4.69, 9.17) is 0 Å². The van der Waals surface area contributed by atoms with Gasteiger partial charge in [-0.15, -0.1) is 22.8 Å². The van der Waals surface area contributed by atoms with Gasteiger partial charge < -0.3 is 0 Å². The van der Waals surface area contributed by atoms with E-state index in [1.807, 2.05) is 0 Å². The van der Waals surface area contributed by atoms with E-state index < -0.39 is 5.82 Å². The van der Waals surface area contributed by atoms with Gasteiger partial charge in [-0.2, -0.15) is 5.21 Å². The van der Waals surface area contributed by atoms with E-state index in [0.29, 0.717) is 16.3 Å². The molecule has 0 radical (unpaired) electrons. The lowest BCUT2D eigenvalue weighted by Crippen LogP contribution is -1.84. The van der Waals surface area contributed by atoms with Gasteiger partial charge in [-0.25, -0.2) is 4.39 Å². The molecule has 0 aliphatic heterocycles. The number of hydrogen-bond donors (Lipinski definition) is 2. The summed E-state index contributed by atoms with van der Waals surface area (Å²) in [5.74, 6) is -0.0298. The van der Waals surface area contributed by atoms with Crippen molar-refractivity contribution in [2.75, 3.05) is 0 Å². The first kappa shape index (κ1) is 8.18. The van der Waals surface area contributed by atoms with Crippen LogP contribution in [0.25, 0.3) is 11.4 Å². The quantitative estimate of drug-likeness (QED) is 0.676. The van der Waals surface area contributed by atoms with Crippen molar-refractivity contribution in [3.63, 3.8) is 0 Å². The highest BCUT2D eigenvalue weighted by Crippen LogP contribution is 2.19. The van der Waals surface area contributed by atoms with Gasteiger partial charge in [0.2, 0.25) is 5.82 Å². The fraction of sp³-hybridized carbons (Fsp3) is 0. The Morgan fingerprint density at radius 1 is 1.38 bits per heavy atom. The van der Waals surface area contributed by atoms with Crippen molar-refractivity contribution in [3.8, 4) is 11.4 Å². The number of tetrazole rings is 1. The molecular formula is C7H5FN4S. The number of aromatic nitrogens is 4. The molecule has 1 heterocycles. The van der Waals surface area contributed by atoms with Gasteiger partial charge in [-0.3, -0.25) is 0 Å². The number of halogens is 1. The molecule has 4 nitrogen and oxygen atoms in total. The van der Waals surface area contributed by atoms with Gasteiger partial charge in [0.15, 0.2) is 0 Å². The Labute approximate surface area is 78.6 Å². The second-order valence-electron chi connectivity index (χ2n) is 2.40. The first-order chi connectivity index (χ1) is 6.27. The van der Waals surface area contributed by atoms with Gasteiger partial charge in [0, 0.05) is 10.5 Å². The molecular weight excluding hydrogens is 191 g/mol. The molecule has 0 unspecified atom stereocenters. The molecule has 0 fully saturated rings. The van der Waals surface area contributed by atoms with Gasteiger partial charge in [-0.1, -0.05) is 0 Å². The summed E-state index contributed by atoms with van der Waals surface area (Å²) in [6, 6.07) is 4.54. The van der Waals surface area contributed by atoms with Crippen LogP contribution in [0.1, 0.15) is 0 Å². The van der Waals surface area contributed by atoms with Crippen LogP contribution < -0.4 is 0 Å². The molecule has 1 N–H and O–H groups in total. The van der Waals surface area contributed by atoms with Crippen molar-refractivity contribution in [2.45, 2.75) is 4.90 Å². The number of rotatable bonds is 1. The zero-order valence-electron chi connectivity index (χ0n) is 6.40. The molecule has 0 saturated heterocycles. The van der Waals surface area contributed by atoms with Crippen molar-refractivity contribution >= 4 is 12.6 Å². The van der Waals surface area contributed by atoms with E-state index in [0.717, 1.165) is 0 Å². The molecule has 0 aliphatic carbocycles. The van der Waals surface area contributed by atoms with Crippen LogP contribution in [0.3, 0.4) is 0 Å².